The van der Waals surface area contributed by atoms with Gasteiger partial charge in [-0.3, -0.25) is 4.79 Å². The molecule has 0 aliphatic carbocycles. The Bertz CT molecular complexity index is 912. The minimum absolute atomic E-state index is 0.233. The highest BCUT2D eigenvalue weighted by atomic mass is 35.5. The Balaban J connectivity index is 1.79. The molecule has 1 amide bonds. The minimum Gasteiger partial charge on any atom is -0.318 e. The number of benzene rings is 2. The zero-order valence-corrected chi connectivity index (χ0v) is 14.8. The molecular weight excluding hydrogens is 334 g/mol. The molecule has 0 fully saturated rings. The number of nitrogens with one attached hydrogen (secondary N) is 1. The van der Waals surface area contributed by atoms with Gasteiger partial charge in [0, 0.05) is 33.2 Å². The van der Waals surface area contributed by atoms with Crippen LogP contribution in [0.25, 0.3) is 5.69 Å². The van der Waals surface area contributed by atoms with Crippen molar-refractivity contribution in [1.29, 1.82) is 0 Å². The second-order valence-electron chi connectivity index (χ2n) is 5.70. The van der Waals surface area contributed by atoms with Gasteiger partial charge < -0.3 is 4.57 Å². The van der Waals surface area contributed by atoms with Crippen LogP contribution in [0, 0.1) is 13.8 Å². The van der Waals surface area contributed by atoms with Crippen molar-refractivity contribution in [2.45, 2.75) is 13.8 Å². The lowest BCUT2D eigenvalue weighted by Gasteiger charge is -2.09. The predicted octanol–water partition coefficient (Wildman–Crippen LogP) is 4.51. The molecule has 2 aromatic carbocycles. The van der Waals surface area contributed by atoms with Crippen molar-refractivity contribution in [3.05, 3.63) is 88.2 Å². The van der Waals surface area contributed by atoms with E-state index in [0.717, 1.165) is 22.6 Å². The highest BCUT2D eigenvalue weighted by molar-refractivity contribution is 6.30. The molecule has 25 heavy (non-hydrogen) atoms. The number of hydrogen-bond acceptors (Lipinski definition) is 2. The SMILES string of the molecule is Cc1cc(/C=N\NC(=O)c2ccccc2)c(C)n1-c1ccc(Cl)cc1. The Labute approximate surface area is 151 Å². The van der Waals surface area contributed by atoms with Gasteiger partial charge in [0.2, 0.25) is 0 Å². The molecule has 0 atom stereocenters. The smallest absolute Gasteiger partial charge is 0.271 e. The number of rotatable bonds is 4. The molecule has 3 rings (SSSR count). The Morgan fingerprint density at radius 2 is 1.76 bits per heavy atom. The summed E-state index contributed by atoms with van der Waals surface area (Å²) < 4.78 is 2.12. The van der Waals surface area contributed by atoms with Crippen LogP contribution in [0.3, 0.4) is 0 Å². The Morgan fingerprint density at radius 3 is 2.44 bits per heavy atom. The van der Waals surface area contributed by atoms with E-state index in [4.69, 9.17) is 11.6 Å². The lowest BCUT2D eigenvalue weighted by molar-refractivity contribution is 0.0955. The number of hydrogen-bond donors (Lipinski definition) is 1. The van der Waals surface area contributed by atoms with E-state index < -0.39 is 0 Å². The molecular formula is C20H18ClN3O. The second kappa shape index (κ2) is 7.36. The summed E-state index contributed by atoms with van der Waals surface area (Å²) in [6.45, 7) is 4.05. The first kappa shape index (κ1) is 17.0. The van der Waals surface area contributed by atoms with E-state index in [-0.39, 0.29) is 5.91 Å². The average Bonchev–Trinajstić information content (AvgIpc) is 2.90. The van der Waals surface area contributed by atoms with Gasteiger partial charge >= 0.3 is 0 Å². The minimum atomic E-state index is -0.233. The number of carbonyl (C=O) groups is 1. The lowest BCUT2D eigenvalue weighted by atomic mass is 10.2. The van der Waals surface area contributed by atoms with Crippen LogP contribution in [-0.4, -0.2) is 16.7 Å². The summed E-state index contributed by atoms with van der Waals surface area (Å²) in [5.41, 5.74) is 7.23. The number of amides is 1. The van der Waals surface area contributed by atoms with E-state index >= 15 is 0 Å². The van der Waals surface area contributed by atoms with Crippen molar-refractivity contribution in [2.75, 3.05) is 0 Å². The van der Waals surface area contributed by atoms with Gasteiger partial charge in [0.15, 0.2) is 0 Å². The van der Waals surface area contributed by atoms with Crippen LogP contribution in [0.5, 0.6) is 0 Å². The van der Waals surface area contributed by atoms with Gasteiger partial charge in [-0.25, -0.2) is 5.43 Å². The molecule has 5 heteroatoms. The van der Waals surface area contributed by atoms with Gasteiger partial charge in [-0.05, 0) is 56.3 Å². The fraction of sp³-hybridized carbons (Fsp3) is 0.100. The zero-order chi connectivity index (χ0) is 17.8. The first-order valence-corrected chi connectivity index (χ1v) is 8.27. The molecule has 0 aliphatic heterocycles. The molecule has 0 bridgehead atoms. The van der Waals surface area contributed by atoms with Crippen LogP contribution >= 0.6 is 11.6 Å². The topological polar surface area (TPSA) is 46.4 Å². The van der Waals surface area contributed by atoms with Gasteiger partial charge in [0.1, 0.15) is 0 Å². The first-order valence-electron chi connectivity index (χ1n) is 7.89. The predicted molar refractivity (Wildman–Crippen MR) is 102 cm³/mol. The molecule has 0 saturated carbocycles. The summed E-state index contributed by atoms with van der Waals surface area (Å²) in [5.74, 6) is -0.233. The molecule has 3 aromatic rings. The monoisotopic (exact) mass is 351 g/mol. The van der Waals surface area contributed by atoms with Crippen molar-refractivity contribution in [3.8, 4) is 5.69 Å². The maximum Gasteiger partial charge on any atom is 0.271 e. The summed E-state index contributed by atoms with van der Waals surface area (Å²) in [6.07, 6.45) is 1.66. The third-order valence-corrected chi connectivity index (χ3v) is 4.21. The molecule has 4 nitrogen and oxygen atoms in total. The van der Waals surface area contributed by atoms with Gasteiger partial charge in [-0.1, -0.05) is 29.8 Å². The van der Waals surface area contributed by atoms with Gasteiger partial charge in [0.05, 0.1) is 6.21 Å². The Morgan fingerprint density at radius 1 is 1.08 bits per heavy atom. The largest absolute Gasteiger partial charge is 0.318 e. The van der Waals surface area contributed by atoms with E-state index in [1.807, 2.05) is 62.4 Å². The molecule has 126 valence electrons. The van der Waals surface area contributed by atoms with Crippen molar-refractivity contribution < 1.29 is 4.79 Å². The molecule has 1 heterocycles. The molecule has 0 saturated heterocycles. The standard InChI is InChI=1S/C20H18ClN3O/c1-14-12-17(13-22-23-20(25)16-6-4-3-5-7-16)15(2)24(14)19-10-8-18(21)9-11-19/h3-13H,1-2H3,(H,23,25)/b22-13-. The van der Waals surface area contributed by atoms with E-state index in [1.165, 1.54) is 0 Å². The van der Waals surface area contributed by atoms with E-state index in [1.54, 1.807) is 18.3 Å². The van der Waals surface area contributed by atoms with Crippen molar-refractivity contribution in [3.63, 3.8) is 0 Å². The third-order valence-electron chi connectivity index (χ3n) is 3.96. The van der Waals surface area contributed by atoms with Crippen LogP contribution in [0.1, 0.15) is 27.3 Å². The van der Waals surface area contributed by atoms with Crippen LogP contribution in [-0.2, 0) is 0 Å². The van der Waals surface area contributed by atoms with E-state index in [2.05, 4.69) is 15.1 Å². The summed E-state index contributed by atoms with van der Waals surface area (Å²) in [5, 5.41) is 4.79. The summed E-state index contributed by atoms with van der Waals surface area (Å²) >= 11 is 5.96. The maximum atomic E-state index is 12.0. The number of hydrazone groups is 1. The highest BCUT2D eigenvalue weighted by Crippen LogP contribution is 2.21. The molecule has 1 aromatic heterocycles. The lowest BCUT2D eigenvalue weighted by Crippen LogP contribution is -2.17. The second-order valence-corrected chi connectivity index (χ2v) is 6.14. The summed E-state index contributed by atoms with van der Waals surface area (Å²) in [4.78, 5) is 12.0. The average molecular weight is 352 g/mol. The van der Waals surface area contributed by atoms with Crippen molar-refractivity contribution in [1.82, 2.24) is 9.99 Å². The van der Waals surface area contributed by atoms with Gasteiger partial charge in [-0.15, -0.1) is 0 Å². The number of aryl methyl sites for hydroxylation is 1. The van der Waals surface area contributed by atoms with Crippen molar-refractivity contribution >= 4 is 23.7 Å². The molecule has 0 aliphatic rings. The highest BCUT2D eigenvalue weighted by Gasteiger charge is 2.09. The number of aromatic nitrogens is 1. The summed E-state index contributed by atoms with van der Waals surface area (Å²) in [7, 11) is 0. The van der Waals surface area contributed by atoms with Crippen LogP contribution in [0.2, 0.25) is 5.02 Å². The number of halogens is 1. The maximum absolute atomic E-state index is 12.0. The van der Waals surface area contributed by atoms with Crippen LogP contribution < -0.4 is 5.43 Å². The first-order chi connectivity index (χ1) is 12.1. The zero-order valence-electron chi connectivity index (χ0n) is 14.0. The number of carbonyl (C=O) groups excluding carboxylic acids is 1. The van der Waals surface area contributed by atoms with Gasteiger partial charge in [0.25, 0.3) is 5.91 Å². The molecule has 0 unspecified atom stereocenters. The molecule has 0 spiro atoms. The quantitative estimate of drug-likeness (QED) is 0.545. The van der Waals surface area contributed by atoms with E-state index in [0.29, 0.717) is 10.6 Å². The van der Waals surface area contributed by atoms with Crippen molar-refractivity contribution in [2.24, 2.45) is 5.10 Å². The van der Waals surface area contributed by atoms with Crippen LogP contribution in [0.15, 0.2) is 65.8 Å². The Hall–Kier alpha value is -2.85. The van der Waals surface area contributed by atoms with Gasteiger partial charge in [-0.2, -0.15) is 5.10 Å². The van der Waals surface area contributed by atoms with Crippen LogP contribution in [0.4, 0.5) is 0 Å². The summed E-state index contributed by atoms with van der Waals surface area (Å²) in [6, 6.07) is 18.7. The fourth-order valence-electron chi connectivity index (χ4n) is 2.72. The van der Waals surface area contributed by atoms with E-state index in [9.17, 15) is 4.79 Å². The molecule has 1 N–H and O–H groups in total. The molecule has 0 radical (unpaired) electrons. The fourth-order valence-corrected chi connectivity index (χ4v) is 2.85. The third kappa shape index (κ3) is 3.80. The Kier molecular flexibility index (Phi) is 5.00. The normalized spacial score (nSPS) is 11.0. The number of nitrogens with zero attached hydrogens (tertiary/aromatic N) is 2.